The second-order valence-corrected chi connectivity index (χ2v) is 7.15. The fourth-order valence-corrected chi connectivity index (χ4v) is 2.86. The fourth-order valence-electron chi connectivity index (χ4n) is 2.86. The van der Waals surface area contributed by atoms with Crippen LogP contribution < -0.4 is 0 Å². The lowest BCUT2D eigenvalue weighted by atomic mass is 9.76. The zero-order valence-electron chi connectivity index (χ0n) is 13.9. The third-order valence-corrected chi connectivity index (χ3v) is 4.08. The third kappa shape index (κ3) is 4.35. The molecular formula is C16H29NO4. The number of amides is 1. The first-order valence-corrected chi connectivity index (χ1v) is 7.86. The zero-order valence-corrected chi connectivity index (χ0v) is 13.9. The lowest BCUT2D eigenvalue weighted by Gasteiger charge is -2.44. The van der Waals surface area contributed by atoms with Crippen LogP contribution in [-0.2, 0) is 9.53 Å². The zero-order chi connectivity index (χ0) is 16.3. The van der Waals surface area contributed by atoms with E-state index < -0.39 is 23.2 Å². The predicted molar refractivity (Wildman–Crippen MR) is 81.2 cm³/mol. The molecule has 0 aromatic rings. The van der Waals surface area contributed by atoms with Gasteiger partial charge in [-0.3, -0.25) is 4.90 Å². The maximum absolute atomic E-state index is 12.5. The highest BCUT2D eigenvalue weighted by Crippen LogP contribution is 2.37. The van der Waals surface area contributed by atoms with E-state index in [-0.39, 0.29) is 0 Å². The molecule has 5 heteroatoms. The Bertz CT molecular complexity index is 378. The minimum atomic E-state index is -1.11. The van der Waals surface area contributed by atoms with Crippen LogP contribution in [0, 0.1) is 5.92 Å². The summed E-state index contributed by atoms with van der Waals surface area (Å²) in [5, 5.41) is 9.77. The van der Waals surface area contributed by atoms with E-state index in [4.69, 9.17) is 4.74 Å². The first-order chi connectivity index (χ1) is 9.62. The van der Waals surface area contributed by atoms with Crippen molar-refractivity contribution < 1.29 is 19.4 Å². The van der Waals surface area contributed by atoms with E-state index in [9.17, 15) is 14.7 Å². The summed E-state index contributed by atoms with van der Waals surface area (Å²) in [5.41, 5.74) is -1.73. The summed E-state index contributed by atoms with van der Waals surface area (Å²) in [6.07, 6.45) is 2.86. The van der Waals surface area contributed by atoms with Gasteiger partial charge >= 0.3 is 12.1 Å². The number of rotatable bonds is 4. The highest BCUT2D eigenvalue weighted by molar-refractivity contribution is 5.84. The van der Waals surface area contributed by atoms with Gasteiger partial charge in [0.1, 0.15) is 11.1 Å². The van der Waals surface area contributed by atoms with Gasteiger partial charge in [0.25, 0.3) is 0 Å². The molecule has 0 aromatic heterocycles. The van der Waals surface area contributed by atoms with Gasteiger partial charge in [-0.05, 0) is 58.8 Å². The number of aliphatic carboxylic acids is 1. The molecule has 21 heavy (non-hydrogen) atoms. The average Bonchev–Trinajstić information content (AvgIpc) is 2.35. The van der Waals surface area contributed by atoms with E-state index in [0.717, 1.165) is 12.8 Å². The van der Waals surface area contributed by atoms with E-state index in [2.05, 4.69) is 6.92 Å². The minimum absolute atomic E-state index is 0.412. The lowest BCUT2D eigenvalue weighted by molar-refractivity contribution is -0.154. The van der Waals surface area contributed by atoms with E-state index >= 15 is 0 Å². The maximum Gasteiger partial charge on any atom is 0.411 e. The smallest absolute Gasteiger partial charge is 0.411 e. The van der Waals surface area contributed by atoms with Crippen molar-refractivity contribution in [2.75, 3.05) is 6.54 Å². The van der Waals surface area contributed by atoms with Gasteiger partial charge in [0.05, 0.1) is 0 Å². The Labute approximate surface area is 127 Å². The van der Waals surface area contributed by atoms with Gasteiger partial charge in [0.2, 0.25) is 0 Å². The molecular weight excluding hydrogens is 270 g/mol. The SMILES string of the molecule is CCCN(C(=O)OC(C)(C)C)C1(C(=O)O)CCC(C)CC1. The maximum atomic E-state index is 12.5. The van der Waals surface area contributed by atoms with Crippen molar-refractivity contribution in [3.8, 4) is 0 Å². The first kappa shape index (κ1) is 17.8. The molecule has 0 atom stereocenters. The van der Waals surface area contributed by atoms with Gasteiger partial charge in [-0.15, -0.1) is 0 Å². The van der Waals surface area contributed by atoms with Crippen LogP contribution in [0.4, 0.5) is 4.79 Å². The van der Waals surface area contributed by atoms with Crippen molar-refractivity contribution in [1.29, 1.82) is 0 Å². The van der Waals surface area contributed by atoms with Crippen molar-refractivity contribution >= 4 is 12.1 Å². The monoisotopic (exact) mass is 299 g/mol. The van der Waals surface area contributed by atoms with Gasteiger partial charge in [-0.25, -0.2) is 9.59 Å². The number of carboxylic acid groups (broad SMARTS) is 1. The summed E-state index contributed by atoms with van der Waals surface area (Å²) in [6, 6.07) is 0. The fraction of sp³-hybridized carbons (Fsp3) is 0.875. The largest absolute Gasteiger partial charge is 0.479 e. The molecule has 1 amide bonds. The van der Waals surface area contributed by atoms with E-state index in [1.165, 1.54) is 4.90 Å². The Morgan fingerprint density at radius 1 is 1.29 bits per heavy atom. The Morgan fingerprint density at radius 2 is 1.81 bits per heavy atom. The highest BCUT2D eigenvalue weighted by atomic mass is 16.6. The first-order valence-electron chi connectivity index (χ1n) is 7.86. The van der Waals surface area contributed by atoms with Gasteiger partial charge in [-0.2, -0.15) is 0 Å². The number of carbonyl (C=O) groups excluding carboxylic acids is 1. The Hall–Kier alpha value is -1.26. The van der Waals surface area contributed by atoms with Gasteiger partial charge < -0.3 is 9.84 Å². The van der Waals surface area contributed by atoms with Crippen molar-refractivity contribution in [3.63, 3.8) is 0 Å². The molecule has 0 bridgehead atoms. The van der Waals surface area contributed by atoms with Gasteiger partial charge in [-0.1, -0.05) is 13.8 Å². The number of carboxylic acids is 1. The topological polar surface area (TPSA) is 66.8 Å². The second-order valence-electron chi connectivity index (χ2n) is 7.15. The Morgan fingerprint density at radius 3 is 2.19 bits per heavy atom. The second kappa shape index (κ2) is 6.67. The molecule has 1 aliphatic rings. The molecule has 122 valence electrons. The molecule has 1 N–H and O–H groups in total. The molecule has 0 spiro atoms. The third-order valence-electron chi connectivity index (χ3n) is 4.08. The van der Waals surface area contributed by atoms with Crippen molar-refractivity contribution in [2.24, 2.45) is 5.92 Å². The number of ether oxygens (including phenoxy) is 1. The van der Waals surface area contributed by atoms with Crippen LogP contribution in [0.25, 0.3) is 0 Å². The van der Waals surface area contributed by atoms with Crippen LogP contribution >= 0.6 is 0 Å². The van der Waals surface area contributed by atoms with Crippen molar-refractivity contribution in [2.45, 2.75) is 77.9 Å². The van der Waals surface area contributed by atoms with Crippen LogP contribution in [0.2, 0.25) is 0 Å². The predicted octanol–water partition coefficient (Wildman–Crippen LogP) is 3.67. The molecule has 0 unspecified atom stereocenters. The highest BCUT2D eigenvalue weighted by Gasteiger charge is 2.49. The molecule has 0 aromatic carbocycles. The number of hydrogen-bond acceptors (Lipinski definition) is 3. The standard InChI is InChI=1S/C16H29NO4/c1-6-11-17(14(20)21-15(3,4)5)16(13(18)19)9-7-12(2)8-10-16/h12H,6-11H2,1-5H3,(H,18,19). The van der Waals surface area contributed by atoms with Crippen LogP contribution in [0.15, 0.2) is 0 Å². The van der Waals surface area contributed by atoms with Gasteiger partial charge in [0, 0.05) is 6.54 Å². The number of carbonyl (C=O) groups is 2. The quantitative estimate of drug-likeness (QED) is 0.860. The summed E-state index contributed by atoms with van der Waals surface area (Å²) in [7, 11) is 0. The molecule has 0 heterocycles. The Balaban J connectivity index is 3.04. The van der Waals surface area contributed by atoms with E-state index in [1.807, 2.05) is 6.92 Å². The number of hydrogen-bond donors (Lipinski definition) is 1. The molecule has 0 aliphatic heterocycles. The molecule has 1 saturated carbocycles. The lowest BCUT2D eigenvalue weighted by Crippen LogP contribution is -2.59. The molecule has 0 saturated heterocycles. The van der Waals surface area contributed by atoms with E-state index in [0.29, 0.717) is 31.7 Å². The molecule has 1 fully saturated rings. The summed E-state index contributed by atoms with van der Waals surface area (Å²) in [6.45, 7) is 9.87. The average molecular weight is 299 g/mol. The van der Waals surface area contributed by atoms with Crippen LogP contribution in [-0.4, -0.2) is 39.8 Å². The van der Waals surface area contributed by atoms with Crippen molar-refractivity contribution in [1.82, 2.24) is 4.90 Å². The molecule has 5 nitrogen and oxygen atoms in total. The summed E-state index contributed by atoms with van der Waals surface area (Å²) in [5.74, 6) is -0.395. The summed E-state index contributed by atoms with van der Waals surface area (Å²) >= 11 is 0. The Kier molecular flexibility index (Phi) is 5.65. The van der Waals surface area contributed by atoms with Crippen LogP contribution in [0.1, 0.15) is 66.7 Å². The van der Waals surface area contributed by atoms with Crippen LogP contribution in [0.5, 0.6) is 0 Å². The molecule has 1 aliphatic carbocycles. The minimum Gasteiger partial charge on any atom is -0.479 e. The summed E-state index contributed by atoms with van der Waals surface area (Å²) in [4.78, 5) is 25.9. The molecule has 1 rings (SSSR count). The van der Waals surface area contributed by atoms with E-state index in [1.54, 1.807) is 20.8 Å². The number of nitrogens with zero attached hydrogens (tertiary/aromatic N) is 1. The van der Waals surface area contributed by atoms with Crippen molar-refractivity contribution in [3.05, 3.63) is 0 Å². The summed E-state index contributed by atoms with van der Waals surface area (Å²) < 4.78 is 5.43. The normalized spacial score (nSPS) is 26.2. The van der Waals surface area contributed by atoms with Crippen LogP contribution in [0.3, 0.4) is 0 Å². The van der Waals surface area contributed by atoms with Gasteiger partial charge in [0.15, 0.2) is 0 Å². The molecule has 0 radical (unpaired) electrons.